The van der Waals surface area contributed by atoms with Crippen LogP contribution < -0.4 is 14.5 Å². The summed E-state index contributed by atoms with van der Waals surface area (Å²) in [7, 11) is 3.84. The molecule has 1 atom stereocenters. The van der Waals surface area contributed by atoms with Gasteiger partial charge in [-0.25, -0.2) is 0 Å². The number of hydrogen-bond acceptors (Lipinski definition) is 6. The lowest BCUT2D eigenvalue weighted by Gasteiger charge is -2.24. The number of carbonyl (C=O) groups excluding carboxylic acids is 2. The number of furan rings is 1. The average molecular weight is 447 g/mol. The van der Waals surface area contributed by atoms with Crippen molar-refractivity contribution in [2.75, 3.05) is 30.5 Å². The van der Waals surface area contributed by atoms with Crippen molar-refractivity contribution in [2.45, 2.75) is 19.9 Å². The molecule has 7 heteroatoms. The molecule has 4 rings (SSSR count). The minimum Gasteiger partial charge on any atom is -0.507 e. The largest absolute Gasteiger partial charge is 0.507 e. The van der Waals surface area contributed by atoms with Gasteiger partial charge in [-0.1, -0.05) is 0 Å². The molecular formula is C26H26N2O5. The molecule has 3 aromatic rings. The van der Waals surface area contributed by atoms with Gasteiger partial charge in [-0.15, -0.1) is 0 Å². The lowest BCUT2D eigenvalue weighted by Crippen LogP contribution is -2.29. The third-order valence-corrected chi connectivity index (χ3v) is 5.65. The van der Waals surface area contributed by atoms with Gasteiger partial charge in [-0.3, -0.25) is 14.5 Å². The fraction of sp³-hybridized carbons (Fsp3) is 0.231. The lowest BCUT2D eigenvalue weighted by molar-refractivity contribution is -0.132. The number of nitrogens with zero attached hydrogens (tertiary/aromatic N) is 2. The van der Waals surface area contributed by atoms with Crippen LogP contribution in [-0.4, -0.2) is 37.5 Å². The first kappa shape index (κ1) is 22.2. The molecule has 0 radical (unpaired) electrons. The molecular weight excluding hydrogens is 420 g/mol. The summed E-state index contributed by atoms with van der Waals surface area (Å²) in [5, 5.41) is 11.2. The second-order valence-corrected chi connectivity index (χ2v) is 8.01. The fourth-order valence-corrected chi connectivity index (χ4v) is 4.00. The summed E-state index contributed by atoms with van der Waals surface area (Å²) >= 11 is 0. The molecule has 0 saturated carbocycles. The van der Waals surface area contributed by atoms with E-state index in [1.807, 2.05) is 45.0 Å². The number of aryl methyl sites for hydroxylation is 1. The zero-order valence-corrected chi connectivity index (χ0v) is 19.0. The van der Waals surface area contributed by atoms with E-state index >= 15 is 0 Å². The molecule has 1 N–H and O–H groups in total. The monoisotopic (exact) mass is 446 g/mol. The van der Waals surface area contributed by atoms with Crippen molar-refractivity contribution in [3.8, 4) is 5.75 Å². The highest BCUT2D eigenvalue weighted by molar-refractivity contribution is 6.51. The van der Waals surface area contributed by atoms with Crippen molar-refractivity contribution < 1.29 is 23.8 Å². The van der Waals surface area contributed by atoms with E-state index < -0.39 is 17.7 Å². The van der Waals surface area contributed by atoms with Crippen LogP contribution in [0.1, 0.15) is 29.9 Å². The minimum atomic E-state index is -0.892. The maximum absolute atomic E-state index is 13.2. The van der Waals surface area contributed by atoms with Gasteiger partial charge in [-0.05, 0) is 74.0 Å². The zero-order valence-electron chi connectivity index (χ0n) is 19.0. The topological polar surface area (TPSA) is 83.2 Å². The molecule has 0 bridgehead atoms. The summed E-state index contributed by atoms with van der Waals surface area (Å²) in [5.41, 5.74) is 2.70. The summed E-state index contributed by atoms with van der Waals surface area (Å²) < 4.78 is 11.2. The molecule has 7 nitrogen and oxygen atoms in total. The van der Waals surface area contributed by atoms with Gasteiger partial charge < -0.3 is 19.2 Å². The Morgan fingerprint density at radius 1 is 1.12 bits per heavy atom. The van der Waals surface area contributed by atoms with Gasteiger partial charge in [0.1, 0.15) is 23.3 Å². The van der Waals surface area contributed by atoms with E-state index in [1.165, 1.54) is 11.2 Å². The molecule has 1 fully saturated rings. The number of aliphatic hydroxyl groups is 1. The van der Waals surface area contributed by atoms with Crippen LogP contribution in [0.2, 0.25) is 0 Å². The minimum absolute atomic E-state index is 0.0183. The SMILES string of the molecule is CCOc1ccc(/C(O)=C2/C(=O)C(=O)N(c3ccc(N(C)C)cc3)C2c2ccco2)cc1C. The zero-order chi connectivity index (χ0) is 23.7. The first-order valence-corrected chi connectivity index (χ1v) is 10.7. The Balaban J connectivity index is 1.84. The van der Waals surface area contributed by atoms with Gasteiger partial charge in [0.25, 0.3) is 11.7 Å². The molecule has 2 heterocycles. The van der Waals surface area contributed by atoms with Crippen LogP contribution in [0.3, 0.4) is 0 Å². The number of aliphatic hydroxyl groups excluding tert-OH is 1. The van der Waals surface area contributed by atoms with Crippen molar-refractivity contribution in [3.05, 3.63) is 83.3 Å². The first-order chi connectivity index (χ1) is 15.8. The third-order valence-electron chi connectivity index (χ3n) is 5.65. The smallest absolute Gasteiger partial charge is 0.300 e. The average Bonchev–Trinajstić information content (AvgIpc) is 3.42. The molecule has 0 spiro atoms. The van der Waals surface area contributed by atoms with E-state index in [1.54, 1.807) is 42.5 Å². The summed E-state index contributed by atoms with van der Waals surface area (Å²) in [6.07, 6.45) is 1.48. The number of amides is 1. The maximum atomic E-state index is 13.2. The number of ether oxygens (including phenoxy) is 1. The van der Waals surface area contributed by atoms with Crippen molar-refractivity contribution in [1.29, 1.82) is 0 Å². The Hall–Kier alpha value is -4.00. The Morgan fingerprint density at radius 3 is 2.42 bits per heavy atom. The molecule has 2 aromatic carbocycles. The molecule has 1 amide bonds. The van der Waals surface area contributed by atoms with Crippen LogP contribution in [0.5, 0.6) is 5.75 Å². The Kier molecular flexibility index (Phi) is 5.96. The fourth-order valence-electron chi connectivity index (χ4n) is 4.00. The normalized spacial score (nSPS) is 17.5. The summed E-state index contributed by atoms with van der Waals surface area (Å²) in [6, 6.07) is 14.9. The van der Waals surface area contributed by atoms with E-state index in [4.69, 9.17) is 9.15 Å². The quantitative estimate of drug-likeness (QED) is 0.336. The van der Waals surface area contributed by atoms with E-state index in [0.717, 1.165) is 11.3 Å². The van der Waals surface area contributed by atoms with Crippen LogP contribution >= 0.6 is 0 Å². The number of ketones is 1. The van der Waals surface area contributed by atoms with Crippen molar-refractivity contribution >= 4 is 28.8 Å². The maximum Gasteiger partial charge on any atom is 0.300 e. The van der Waals surface area contributed by atoms with Crippen LogP contribution in [0.25, 0.3) is 5.76 Å². The molecule has 170 valence electrons. The van der Waals surface area contributed by atoms with Crippen LogP contribution in [0.15, 0.2) is 70.9 Å². The molecule has 0 aliphatic carbocycles. The third kappa shape index (κ3) is 3.98. The van der Waals surface area contributed by atoms with Crippen molar-refractivity contribution in [2.24, 2.45) is 0 Å². The summed E-state index contributed by atoms with van der Waals surface area (Å²) in [4.78, 5) is 29.6. The molecule has 1 aliphatic heterocycles. The van der Waals surface area contributed by atoms with Gasteiger partial charge in [0, 0.05) is 31.0 Å². The molecule has 1 aromatic heterocycles. The number of benzene rings is 2. The van der Waals surface area contributed by atoms with Gasteiger partial charge in [0.15, 0.2) is 0 Å². The summed E-state index contributed by atoms with van der Waals surface area (Å²) in [5.74, 6) is -0.670. The van der Waals surface area contributed by atoms with Crippen LogP contribution in [0.4, 0.5) is 11.4 Å². The van der Waals surface area contributed by atoms with Crippen molar-refractivity contribution in [3.63, 3.8) is 0 Å². The van der Waals surface area contributed by atoms with Gasteiger partial charge in [0.05, 0.1) is 18.4 Å². The van der Waals surface area contributed by atoms with Crippen molar-refractivity contribution in [1.82, 2.24) is 0 Å². The molecule has 1 saturated heterocycles. The van der Waals surface area contributed by atoms with Gasteiger partial charge >= 0.3 is 0 Å². The highest BCUT2D eigenvalue weighted by Gasteiger charge is 2.48. The number of anilines is 2. The lowest BCUT2D eigenvalue weighted by atomic mass is 9.98. The molecule has 1 unspecified atom stereocenters. The van der Waals surface area contributed by atoms with Gasteiger partial charge in [0.2, 0.25) is 0 Å². The highest BCUT2D eigenvalue weighted by atomic mass is 16.5. The first-order valence-electron chi connectivity index (χ1n) is 10.7. The standard InChI is InChI=1S/C26H26N2O5/c1-5-32-20-13-8-17(15-16(20)2)24(29)22-23(21-7-6-14-33-21)28(26(31)25(22)30)19-11-9-18(10-12-19)27(3)4/h6-15,23,29H,5H2,1-4H3/b24-22-. The van der Waals surface area contributed by atoms with Crippen LogP contribution in [-0.2, 0) is 9.59 Å². The van der Waals surface area contributed by atoms with Gasteiger partial charge in [-0.2, -0.15) is 0 Å². The van der Waals surface area contributed by atoms with E-state index in [0.29, 0.717) is 29.4 Å². The number of rotatable bonds is 6. The van der Waals surface area contributed by atoms with E-state index in [-0.39, 0.29) is 11.3 Å². The molecule has 1 aliphatic rings. The highest BCUT2D eigenvalue weighted by Crippen LogP contribution is 2.42. The molecule has 33 heavy (non-hydrogen) atoms. The predicted molar refractivity (Wildman–Crippen MR) is 127 cm³/mol. The number of Topliss-reactive ketones (excluding diaryl/α,β-unsaturated/α-hetero) is 1. The second kappa shape index (κ2) is 8.86. The van der Waals surface area contributed by atoms with E-state index in [2.05, 4.69) is 0 Å². The van der Waals surface area contributed by atoms with E-state index in [9.17, 15) is 14.7 Å². The van der Waals surface area contributed by atoms with Crippen LogP contribution in [0, 0.1) is 6.92 Å². The Morgan fingerprint density at radius 2 is 1.85 bits per heavy atom. The number of carbonyl (C=O) groups is 2. The number of hydrogen-bond donors (Lipinski definition) is 1. The Bertz CT molecular complexity index is 1210. The second-order valence-electron chi connectivity index (χ2n) is 8.01. The Labute approximate surface area is 192 Å². The summed E-state index contributed by atoms with van der Waals surface area (Å²) in [6.45, 7) is 4.27. The predicted octanol–water partition coefficient (Wildman–Crippen LogP) is 4.68.